The summed E-state index contributed by atoms with van der Waals surface area (Å²) in [7, 11) is 1.64. The number of rotatable bonds is 7. The first kappa shape index (κ1) is 17.4. The molecule has 23 heavy (non-hydrogen) atoms. The van der Waals surface area contributed by atoms with Gasteiger partial charge in [0, 0.05) is 11.3 Å². The van der Waals surface area contributed by atoms with Gasteiger partial charge in [-0.25, -0.2) is 0 Å². The van der Waals surface area contributed by atoms with Crippen molar-refractivity contribution in [2.24, 2.45) is 0 Å². The Labute approximate surface area is 142 Å². The van der Waals surface area contributed by atoms with Gasteiger partial charge in [0.05, 0.1) is 18.4 Å². The summed E-state index contributed by atoms with van der Waals surface area (Å²) in [6.45, 7) is 3.92. The number of benzene rings is 2. The number of hydrogen-bond donors (Lipinski definition) is 1. The van der Waals surface area contributed by atoms with E-state index in [1.165, 1.54) is 5.56 Å². The Kier molecular flexibility index (Phi) is 6.53. The van der Waals surface area contributed by atoms with E-state index in [0.29, 0.717) is 0 Å². The van der Waals surface area contributed by atoms with Crippen LogP contribution in [0.4, 0.5) is 0 Å². The predicted molar refractivity (Wildman–Crippen MR) is 96.8 cm³/mol. The van der Waals surface area contributed by atoms with Crippen molar-refractivity contribution >= 4 is 17.7 Å². The molecule has 0 unspecified atom stereocenters. The average Bonchev–Trinajstić information content (AvgIpc) is 2.60. The molecule has 0 saturated carbocycles. The first-order chi connectivity index (χ1) is 11.1. The van der Waals surface area contributed by atoms with E-state index in [2.05, 4.69) is 17.4 Å². The highest BCUT2D eigenvalue weighted by molar-refractivity contribution is 7.99. The number of para-hydroxylation sites is 1. The fourth-order valence-electron chi connectivity index (χ4n) is 2.30. The van der Waals surface area contributed by atoms with Gasteiger partial charge >= 0.3 is 0 Å². The van der Waals surface area contributed by atoms with E-state index in [4.69, 9.17) is 4.74 Å². The first-order valence-corrected chi connectivity index (χ1v) is 8.75. The lowest BCUT2D eigenvalue weighted by molar-refractivity contribution is -0.120. The maximum Gasteiger partial charge on any atom is 0.233 e. The Morgan fingerprint density at radius 3 is 2.43 bits per heavy atom. The van der Waals surface area contributed by atoms with Gasteiger partial charge in [-0.1, -0.05) is 48.5 Å². The zero-order chi connectivity index (χ0) is 16.7. The standard InChI is InChI=1S/C19H23NO2S/c1-14(17-11-7-8-12-18(17)22-3)20-19(21)15(2)23-13-16-9-5-4-6-10-16/h4-12,14-15H,13H2,1-3H3,(H,20,21)/t14-,15-/m1/s1. The minimum atomic E-state index is -0.104. The van der Waals surface area contributed by atoms with Crippen LogP contribution in [0.15, 0.2) is 54.6 Å². The number of carbonyl (C=O) groups is 1. The number of carbonyl (C=O) groups excluding carboxylic acids is 1. The lowest BCUT2D eigenvalue weighted by atomic mass is 10.1. The molecular weight excluding hydrogens is 306 g/mol. The van der Waals surface area contributed by atoms with Crippen molar-refractivity contribution in [3.8, 4) is 5.75 Å². The number of methoxy groups -OCH3 is 1. The summed E-state index contributed by atoms with van der Waals surface area (Å²) < 4.78 is 5.36. The lowest BCUT2D eigenvalue weighted by Crippen LogP contribution is -2.33. The van der Waals surface area contributed by atoms with Gasteiger partial charge in [0.1, 0.15) is 5.75 Å². The predicted octanol–water partition coefficient (Wildman–Crippen LogP) is 4.19. The van der Waals surface area contributed by atoms with Crippen LogP contribution in [0.25, 0.3) is 0 Å². The summed E-state index contributed by atoms with van der Waals surface area (Å²) in [6.07, 6.45) is 0. The van der Waals surface area contributed by atoms with Crippen LogP contribution >= 0.6 is 11.8 Å². The molecule has 2 aromatic rings. The van der Waals surface area contributed by atoms with E-state index in [9.17, 15) is 4.79 Å². The molecule has 3 nitrogen and oxygen atoms in total. The van der Waals surface area contributed by atoms with E-state index in [-0.39, 0.29) is 17.2 Å². The van der Waals surface area contributed by atoms with Crippen molar-refractivity contribution in [1.82, 2.24) is 5.32 Å². The van der Waals surface area contributed by atoms with Gasteiger partial charge in [0.25, 0.3) is 0 Å². The van der Waals surface area contributed by atoms with Gasteiger partial charge in [-0.3, -0.25) is 4.79 Å². The monoisotopic (exact) mass is 329 g/mol. The molecule has 0 bridgehead atoms. The first-order valence-electron chi connectivity index (χ1n) is 7.70. The van der Waals surface area contributed by atoms with Crippen molar-refractivity contribution in [2.75, 3.05) is 7.11 Å². The topological polar surface area (TPSA) is 38.3 Å². The van der Waals surface area contributed by atoms with Crippen LogP contribution in [0.1, 0.15) is 31.0 Å². The SMILES string of the molecule is COc1ccccc1[C@@H](C)NC(=O)[C@@H](C)SCc1ccccc1. The second kappa shape index (κ2) is 8.63. The average molecular weight is 329 g/mol. The van der Waals surface area contributed by atoms with Gasteiger partial charge in [-0.05, 0) is 25.5 Å². The van der Waals surface area contributed by atoms with E-state index < -0.39 is 0 Å². The van der Waals surface area contributed by atoms with E-state index >= 15 is 0 Å². The highest BCUT2D eigenvalue weighted by Gasteiger charge is 2.18. The third kappa shape index (κ3) is 5.03. The number of ether oxygens (including phenoxy) is 1. The fourth-order valence-corrected chi connectivity index (χ4v) is 3.16. The maximum atomic E-state index is 12.4. The summed E-state index contributed by atoms with van der Waals surface area (Å²) >= 11 is 1.64. The van der Waals surface area contributed by atoms with Crippen molar-refractivity contribution in [3.63, 3.8) is 0 Å². The molecule has 0 aliphatic heterocycles. The molecule has 122 valence electrons. The van der Waals surface area contributed by atoms with Crippen LogP contribution in [0, 0.1) is 0 Å². The quantitative estimate of drug-likeness (QED) is 0.827. The summed E-state index contributed by atoms with van der Waals surface area (Å²) in [5, 5.41) is 2.96. The van der Waals surface area contributed by atoms with Gasteiger partial charge in [0.15, 0.2) is 0 Å². The van der Waals surface area contributed by atoms with Gasteiger partial charge in [0.2, 0.25) is 5.91 Å². The highest BCUT2D eigenvalue weighted by atomic mass is 32.2. The van der Waals surface area contributed by atoms with Gasteiger partial charge in [-0.15, -0.1) is 11.8 Å². The molecule has 4 heteroatoms. The minimum absolute atomic E-state index is 0.0457. The van der Waals surface area contributed by atoms with Crippen molar-refractivity contribution < 1.29 is 9.53 Å². The zero-order valence-corrected chi connectivity index (χ0v) is 14.6. The summed E-state index contributed by atoms with van der Waals surface area (Å²) in [5.41, 5.74) is 2.22. The molecule has 0 fully saturated rings. The summed E-state index contributed by atoms with van der Waals surface area (Å²) in [4.78, 5) is 12.4. The molecule has 0 saturated heterocycles. The Bertz CT molecular complexity index is 630. The van der Waals surface area contributed by atoms with Crippen LogP contribution in [0.2, 0.25) is 0 Å². The summed E-state index contributed by atoms with van der Waals surface area (Å²) in [6, 6.07) is 17.9. The van der Waals surface area contributed by atoms with Crippen LogP contribution in [-0.2, 0) is 10.5 Å². The van der Waals surface area contributed by atoms with Crippen LogP contribution in [0.3, 0.4) is 0 Å². The normalized spacial score (nSPS) is 13.2. The van der Waals surface area contributed by atoms with Crippen molar-refractivity contribution in [3.05, 3.63) is 65.7 Å². The third-order valence-electron chi connectivity index (χ3n) is 3.68. The molecule has 0 heterocycles. The molecule has 0 aliphatic carbocycles. The van der Waals surface area contributed by atoms with Crippen LogP contribution < -0.4 is 10.1 Å². The molecule has 2 rings (SSSR count). The molecule has 0 aliphatic rings. The Balaban J connectivity index is 1.90. The van der Waals surface area contributed by atoms with E-state index in [1.807, 2.05) is 56.3 Å². The Hall–Kier alpha value is -1.94. The van der Waals surface area contributed by atoms with Gasteiger partial charge < -0.3 is 10.1 Å². The zero-order valence-electron chi connectivity index (χ0n) is 13.8. The smallest absolute Gasteiger partial charge is 0.233 e. The summed E-state index contributed by atoms with van der Waals surface area (Å²) in [5.74, 6) is 1.67. The number of nitrogens with one attached hydrogen (secondary N) is 1. The molecule has 1 N–H and O–H groups in total. The molecule has 2 aromatic carbocycles. The number of amides is 1. The van der Waals surface area contributed by atoms with Crippen LogP contribution in [0.5, 0.6) is 5.75 Å². The third-order valence-corrected chi connectivity index (χ3v) is 4.89. The van der Waals surface area contributed by atoms with Gasteiger partial charge in [-0.2, -0.15) is 0 Å². The minimum Gasteiger partial charge on any atom is -0.496 e. The molecule has 0 spiro atoms. The van der Waals surface area contributed by atoms with Crippen molar-refractivity contribution in [2.45, 2.75) is 30.9 Å². The van der Waals surface area contributed by atoms with E-state index in [0.717, 1.165) is 17.1 Å². The molecular formula is C19H23NO2S. The lowest BCUT2D eigenvalue weighted by Gasteiger charge is -2.19. The van der Waals surface area contributed by atoms with Crippen LogP contribution in [-0.4, -0.2) is 18.3 Å². The Morgan fingerprint density at radius 2 is 1.74 bits per heavy atom. The fraction of sp³-hybridized carbons (Fsp3) is 0.316. The molecule has 0 radical (unpaired) electrons. The molecule has 1 amide bonds. The maximum absolute atomic E-state index is 12.4. The van der Waals surface area contributed by atoms with E-state index in [1.54, 1.807) is 18.9 Å². The molecule has 0 aromatic heterocycles. The highest BCUT2D eigenvalue weighted by Crippen LogP contribution is 2.25. The largest absolute Gasteiger partial charge is 0.496 e. The second-order valence-electron chi connectivity index (χ2n) is 5.41. The number of hydrogen-bond acceptors (Lipinski definition) is 3. The number of thioether (sulfide) groups is 1. The second-order valence-corrected chi connectivity index (χ2v) is 6.74. The van der Waals surface area contributed by atoms with Crippen molar-refractivity contribution in [1.29, 1.82) is 0 Å². The Morgan fingerprint density at radius 1 is 1.09 bits per heavy atom. The molecule has 2 atom stereocenters.